The molecule has 2 aromatic rings. The molecule has 0 saturated carbocycles. The minimum absolute atomic E-state index is 0.0879. The zero-order valence-corrected chi connectivity index (χ0v) is 13.3. The van der Waals surface area contributed by atoms with Gasteiger partial charge in [-0.2, -0.15) is 0 Å². The first kappa shape index (κ1) is 13.1. The third-order valence-electron chi connectivity index (χ3n) is 3.47. The largest absolute Gasteiger partial charge is 0.377 e. The lowest BCUT2D eigenvalue weighted by Gasteiger charge is -2.17. The Balaban J connectivity index is 1.91. The van der Waals surface area contributed by atoms with Gasteiger partial charge in [0.15, 0.2) is 0 Å². The van der Waals surface area contributed by atoms with Crippen molar-refractivity contribution in [2.45, 2.75) is 18.9 Å². The van der Waals surface area contributed by atoms with E-state index in [4.69, 9.17) is 0 Å². The third-order valence-corrected chi connectivity index (χ3v) is 4.66. The van der Waals surface area contributed by atoms with E-state index in [9.17, 15) is 4.39 Å². The number of nitrogens with one attached hydrogen (secondary N) is 1. The van der Waals surface area contributed by atoms with E-state index in [1.165, 1.54) is 6.07 Å². The maximum atomic E-state index is 13.7. The maximum absolute atomic E-state index is 13.7. The summed E-state index contributed by atoms with van der Waals surface area (Å²) in [5.41, 5.74) is 2.95. The summed E-state index contributed by atoms with van der Waals surface area (Å²) in [5.74, 6) is -0.0879. The van der Waals surface area contributed by atoms with Crippen LogP contribution in [0.2, 0.25) is 0 Å². The first-order chi connectivity index (χ1) is 9.15. The summed E-state index contributed by atoms with van der Waals surface area (Å²) in [6.07, 6.45) is 1.72. The number of rotatable bonds is 2. The van der Waals surface area contributed by atoms with Gasteiger partial charge in [-0.15, -0.1) is 0 Å². The minimum atomic E-state index is -0.0879. The van der Waals surface area contributed by atoms with Crippen molar-refractivity contribution in [3.8, 4) is 0 Å². The van der Waals surface area contributed by atoms with E-state index in [2.05, 4.69) is 37.2 Å². The molecule has 2 aromatic carbocycles. The predicted molar refractivity (Wildman–Crippen MR) is 82.9 cm³/mol. The quantitative estimate of drug-likeness (QED) is 0.725. The third kappa shape index (κ3) is 2.56. The molecular weight excluding hydrogens is 373 g/mol. The molecule has 19 heavy (non-hydrogen) atoms. The average Bonchev–Trinajstić information content (AvgIpc) is 2.79. The van der Waals surface area contributed by atoms with Crippen LogP contribution in [0.1, 0.15) is 23.6 Å². The van der Waals surface area contributed by atoms with Crippen molar-refractivity contribution in [1.29, 1.82) is 0 Å². The molecule has 0 fully saturated rings. The number of hydrogen-bond donors (Lipinski definition) is 1. The first-order valence-electron chi connectivity index (χ1n) is 6.14. The van der Waals surface area contributed by atoms with Gasteiger partial charge in [-0.25, -0.2) is 4.39 Å². The van der Waals surface area contributed by atoms with Crippen molar-refractivity contribution < 1.29 is 4.39 Å². The van der Waals surface area contributed by atoms with Crippen LogP contribution in [0.4, 0.5) is 10.1 Å². The highest BCUT2D eigenvalue weighted by molar-refractivity contribution is 9.11. The van der Waals surface area contributed by atoms with Crippen LogP contribution < -0.4 is 5.32 Å². The maximum Gasteiger partial charge on any atom is 0.126 e. The standard InChI is InChI=1S/C15H12Br2FN/c16-9-4-6-12(17)15(8-9)19-14-7-5-10-11(14)2-1-3-13(10)18/h1-4,6,8,14,19H,5,7H2. The summed E-state index contributed by atoms with van der Waals surface area (Å²) >= 11 is 7.00. The van der Waals surface area contributed by atoms with E-state index in [0.29, 0.717) is 0 Å². The van der Waals surface area contributed by atoms with Gasteiger partial charge >= 0.3 is 0 Å². The number of fused-ring (bicyclic) bond motifs is 1. The summed E-state index contributed by atoms with van der Waals surface area (Å²) in [7, 11) is 0. The van der Waals surface area contributed by atoms with Gasteiger partial charge in [-0.05, 0) is 64.2 Å². The van der Waals surface area contributed by atoms with Crippen LogP contribution >= 0.6 is 31.9 Å². The molecule has 0 aliphatic heterocycles. The van der Waals surface area contributed by atoms with Crippen molar-refractivity contribution in [3.63, 3.8) is 0 Å². The number of halogens is 3. The van der Waals surface area contributed by atoms with Gasteiger partial charge in [-0.3, -0.25) is 0 Å². The van der Waals surface area contributed by atoms with Crippen LogP contribution in [0.15, 0.2) is 45.3 Å². The Kier molecular flexibility index (Phi) is 3.63. The molecule has 1 N–H and O–H groups in total. The summed E-state index contributed by atoms with van der Waals surface area (Å²) in [6.45, 7) is 0. The van der Waals surface area contributed by atoms with Crippen LogP contribution in [0.3, 0.4) is 0 Å². The molecule has 0 bridgehead atoms. The number of benzene rings is 2. The molecule has 1 nitrogen and oxygen atoms in total. The van der Waals surface area contributed by atoms with Crippen LogP contribution in [0.5, 0.6) is 0 Å². The van der Waals surface area contributed by atoms with E-state index in [0.717, 1.165) is 38.6 Å². The molecule has 1 atom stereocenters. The molecule has 1 aliphatic rings. The first-order valence-corrected chi connectivity index (χ1v) is 7.72. The van der Waals surface area contributed by atoms with Crippen molar-refractivity contribution in [2.75, 3.05) is 5.32 Å². The summed E-state index contributed by atoms with van der Waals surface area (Å²) in [5, 5.41) is 3.49. The predicted octanol–water partition coefficient (Wildman–Crippen LogP) is 5.45. The fourth-order valence-corrected chi connectivity index (χ4v) is 3.28. The van der Waals surface area contributed by atoms with E-state index in [-0.39, 0.29) is 11.9 Å². The van der Waals surface area contributed by atoms with Crippen molar-refractivity contribution in [1.82, 2.24) is 0 Å². The van der Waals surface area contributed by atoms with E-state index < -0.39 is 0 Å². The molecule has 98 valence electrons. The zero-order chi connectivity index (χ0) is 13.4. The molecular formula is C15H12Br2FN. The fourth-order valence-electron chi connectivity index (χ4n) is 2.56. The topological polar surface area (TPSA) is 12.0 Å². The molecule has 0 aromatic heterocycles. The highest BCUT2D eigenvalue weighted by Crippen LogP contribution is 2.37. The molecule has 0 spiro atoms. The fraction of sp³-hybridized carbons (Fsp3) is 0.200. The molecule has 1 aliphatic carbocycles. The summed E-state index contributed by atoms with van der Waals surface area (Å²) < 4.78 is 15.7. The second-order valence-electron chi connectivity index (χ2n) is 4.67. The second kappa shape index (κ2) is 5.25. The van der Waals surface area contributed by atoms with Crippen molar-refractivity contribution in [3.05, 3.63) is 62.3 Å². The molecule has 0 radical (unpaired) electrons. The molecule has 3 rings (SSSR count). The van der Waals surface area contributed by atoms with E-state index in [1.54, 1.807) is 6.07 Å². The van der Waals surface area contributed by atoms with Crippen LogP contribution in [0, 0.1) is 5.82 Å². The van der Waals surface area contributed by atoms with Gasteiger partial charge in [0.2, 0.25) is 0 Å². The van der Waals surface area contributed by atoms with Gasteiger partial charge in [0.05, 0.1) is 11.7 Å². The average molecular weight is 385 g/mol. The lowest BCUT2D eigenvalue weighted by molar-refractivity contribution is 0.612. The molecule has 4 heteroatoms. The van der Waals surface area contributed by atoms with Gasteiger partial charge < -0.3 is 5.32 Å². The Morgan fingerprint density at radius 3 is 2.84 bits per heavy atom. The second-order valence-corrected chi connectivity index (χ2v) is 6.44. The van der Waals surface area contributed by atoms with Gasteiger partial charge in [-0.1, -0.05) is 28.1 Å². The Morgan fingerprint density at radius 1 is 1.16 bits per heavy atom. The highest BCUT2D eigenvalue weighted by atomic mass is 79.9. The van der Waals surface area contributed by atoms with Crippen molar-refractivity contribution in [2.24, 2.45) is 0 Å². The van der Waals surface area contributed by atoms with Crippen molar-refractivity contribution >= 4 is 37.5 Å². The Hall–Kier alpha value is -0.870. The zero-order valence-electron chi connectivity index (χ0n) is 10.1. The Labute approximate surface area is 128 Å². The SMILES string of the molecule is Fc1cccc2c1CCC2Nc1cc(Br)ccc1Br. The molecule has 1 unspecified atom stereocenters. The smallest absolute Gasteiger partial charge is 0.126 e. The molecule has 0 saturated heterocycles. The lowest BCUT2D eigenvalue weighted by Crippen LogP contribution is -2.07. The van der Waals surface area contributed by atoms with Gasteiger partial charge in [0.25, 0.3) is 0 Å². The van der Waals surface area contributed by atoms with E-state index in [1.807, 2.05) is 24.3 Å². The Morgan fingerprint density at radius 2 is 2.00 bits per heavy atom. The number of anilines is 1. The monoisotopic (exact) mass is 383 g/mol. The molecule has 0 amide bonds. The normalized spacial score (nSPS) is 17.3. The minimum Gasteiger partial charge on any atom is -0.377 e. The summed E-state index contributed by atoms with van der Waals surface area (Å²) in [6, 6.07) is 11.5. The summed E-state index contributed by atoms with van der Waals surface area (Å²) in [4.78, 5) is 0. The van der Waals surface area contributed by atoms with Gasteiger partial charge in [0.1, 0.15) is 5.82 Å². The van der Waals surface area contributed by atoms with Crippen LogP contribution in [-0.2, 0) is 6.42 Å². The highest BCUT2D eigenvalue weighted by Gasteiger charge is 2.25. The lowest BCUT2D eigenvalue weighted by atomic mass is 10.1. The van der Waals surface area contributed by atoms with Crippen LogP contribution in [0.25, 0.3) is 0 Å². The van der Waals surface area contributed by atoms with Crippen LogP contribution in [-0.4, -0.2) is 0 Å². The Bertz CT molecular complexity index is 628. The van der Waals surface area contributed by atoms with E-state index >= 15 is 0 Å². The van der Waals surface area contributed by atoms with Gasteiger partial charge in [0, 0.05) is 8.95 Å². The molecule has 0 heterocycles. The number of hydrogen-bond acceptors (Lipinski definition) is 1.